The summed E-state index contributed by atoms with van der Waals surface area (Å²) in [5.74, 6) is 0.764. The summed E-state index contributed by atoms with van der Waals surface area (Å²) in [4.78, 5) is 4.79. The van der Waals surface area contributed by atoms with E-state index in [0.717, 1.165) is 18.9 Å². The van der Waals surface area contributed by atoms with Gasteiger partial charge in [0.15, 0.2) is 0 Å². The maximum Gasteiger partial charge on any atom is 0.0959 e. The van der Waals surface area contributed by atoms with E-state index >= 15 is 0 Å². The van der Waals surface area contributed by atoms with Crippen molar-refractivity contribution in [2.24, 2.45) is 0 Å². The molecule has 0 radical (unpaired) electrons. The van der Waals surface area contributed by atoms with E-state index in [4.69, 9.17) is 4.98 Å². The molecule has 1 atom stereocenters. The molecule has 2 aliphatic rings. The summed E-state index contributed by atoms with van der Waals surface area (Å²) in [5, 5.41) is 12.0. The molecule has 4 rings (SSSR count). The van der Waals surface area contributed by atoms with E-state index in [9.17, 15) is 0 Å². The second-order valence-corrected chi connectivity index (χ2v) is 8.80. The van der Waals surface area contributed by atoms with Gasteiger partial charge in [0.05, 0.1) is 22.4 Å². The van der Waals surface area contributed by atoms with Crippen LogP contribution in [0.2, 0.25) is 0 Å². The Bertz CT molecular complexity index is 690. The standard InChI is InChI=1S/C18H26N4S/c1-18(2,3)22-16-6-4-5-15(14(16)10-20-22)19-9-13-11-23-17(21-13)12-7-8-12/h10-12,15,19H,4-9H2,1-3H3. The summed E-state index contributed by atoms with van der Waals surface area (Å²) in [5.41, 5.74) is 4.07. The number of rotatable bonds is 4. The molecular formula is C18H26N4S. The van der Waals surface area contributed by atoms with Crippen molar-refractivity contribution in [1.82, 2.24) is 20.1 Å². The van der Waals surface area contributed by atoms with Crippen LogP contribution in [-0.4, -0.2) is 14.8 Å². The van der Waals surface area contributed by atoms with Gasteiger partial charge < -0.3 is 5.32 Å². The minimum absolute atomic E-state index is 0.0591. The van der Waals surface area contributed by atoms with E-state index in [2.05, 4.69) is 47.4 Å². The molecule has 4 nitrogen and oxygen atoms in total. The molecule has 23 heavy (non-hydrogen) atoms. The first-order valence-electron chi connectivity index (χ1n) is 8.77. The predicted octanol–water partition coefficient (Wildman–Crippen LogP) is 4.14. The quantitative estimate of drug-likeness (QED) is 0.916. The van der Waals surface area contributed by atoms with Crippen molar-refractivity contribution in [3.8, 4) is 0 Å². The number of aromatic nitrogens is 3. The summed E-state index contributed by atoms with van der Waals surface area (Å²) in [7, 11) is 0. The Morgan fingerprint density at radius 1 is 1.30 bits per heavy atom. The number of hydrogen-bond donors (Lipinski definition) is 1. The lowest BCUT2D eigenvalue weighted by molar-refractivity contribution is 0.334. The van der Waals surface area contributed by atoms with E-state index in [1.54, 1.807) is 0 Å². The molecule has 2 aromatic heterocycles. The molecule has 1 saturated carbocycles. The lowest BCUT2D eigenvalue weighted by Gasteiger charge is -2.28. The molecule has 0 spiro atoms. The number of fused-ring (bicyclic) bond motifs is 1. The molecule has 0 aliphatic heterocycles. The Morgan fingerprint density at radius 3 is 2.87 bits per heavy atom. The number of nitrogens with zero attached hydrogens (tertiary/aromatic N) is 3. The van der Waals surface area contributed by atoms with E-state index < -0.39 is 0 Å². The van der Waals surface area contributed by atoms with Crippen LogP contribution >= 0.6 is 11.3 Å². The third-order valence-electron chi connectivity index (χ3n) is 4.84. The smallest absolute Gasteiger partial charge is 0.0959 e. The van der Waals surface area contributed by atoms with E-state index in [-0.39, 0.29) is 5.54 Å². The topological polar surface area (TPSA) is 42.7 Å². The summed E-state index contributed by atoms with van der Waals surface area (Å²) in [6, 6.07) is 0.418. The molecule has 0 aromatic carbocycles. The number of nitrogens with one attached hydrogen (secondary N) is 1. The Labute approximate surface area is 142 Å². The van der Waals surface area contributed by atoms with Crippen molar-refractivity contribution in [3.63, 3.8) is 0 Å². The first kappa shape index (κ1) is 15.3. The highest BCUT2D eigenvalue weighted by Gasteiger charge is 2.29. The van der Waals surface area contributed by atoms with Crippen LogP contribution < -0.4 is 5.32 Å². The van der Waals surface area contributed by atoms with Crippen LogP contribution in [0.1, 0.15) is 80.4 Å². The average molecular weight is 331 g/mol. The van der Waals surface area contributed by atoms with Gasteiger partial charge in [-0.25, -0.2) is 4.98 Å². The van der Waals surface area contributed by atoms with Crippen LogP contribution in [0, 0.1) is 0 Å². The van der Waals surface area contributed by atoms with E-state index in [0.29, 0.717) is 6.04 Å². The highest BCUT2D eigenvalue weighted by molar-refractivity contribution is 7.09. The van der Waals surface area contributed by atoms with Gasteiger partial charge in [0.1, 0.15) is 0 Å². The van der Waals surface area contributed by atoms with Crippen LogP contribution in [0.4, 0.5) is 0 Å². The SMILES string of the molecule is CC(C)(C)n1ncc2c1CCCC2NCc1csc(C2CC2)n1. The first-order chi connectivity index (χ1) is 11.0. The molecule has 2 aliphatic carbocycles. The normalized spacial score (nSPS) is 21.4. The van der Waals surface area contributed by atoms with Crippen LogP contribution in [0.15, 0.2) is 11.6 Å². The van der Waals surface area contributed by atoms with Gasteiger partial charge in [-0.1, -0.05) is 0 Å². The highest BCUT2D eigenvalue weighted by Crippen LogP contribution is 2.41. The lowest BCUT2D eigenvalue weighted by atomic mass is 9.92. The molecule has 0 amide bonds. The molecule has 0 saturated heterocycles. The second kappa shape index (κ2) is 5.71. The summed E-state index contributed by atoms with van der Waals surface area (Å²) in [6.45, 7) is 7.55. The molecule has 2 aromatic rings. The van der Waals surface area contributed by atoms with Gasteiger partial charge in [0, 0.05) is 35.1 Å². The molecule has 124 valence electrons. The van der Waals surface area contributed by atoms with Gasteiger partial charge in [0.2, 0.25) is 0 Å². The van der Waals surface area contributed by atoms with Crippen LogP contribution in [0.5, 0.6) is 0 Å². The zero-order chi connectivity index (χ0) is 16.0. The van der Waals surface area contributed by atoms with Crippen molar-refractivity contribution in [3.05, 3.63) is 33.5 Å². The van der Waals surface area contributed by atoms with Gasteiger partial charge in [-0.3, -0.25) is 4.68 Å². The maximum atomic E-state index is 4.79. The van der Waals surface area contributed by atoms with Crippen molar-refractivity contribution in [2.45, 2.75) is 76.9 Å². The van der Waals surface area contributed by atoms with Crippen molar-refractivity contribution in [2.75, 3.05) is 0 Å². The summed E-state index contributed by atoms with van der Waals surface area (Å²) >= 11 is 1.83. The molecule has 2 heterocycles. The molecule has 1 N–H and O–H groups in total. The molecule has 0 bridgehead atoms. The van der Waals surface area contributed by atoms with Crippen molar-refractivity contribution >= 4 is 11.3 Å². The zero-order valence-electron chi connectivity index (χ0n) is 14.3. The van der Waals surface area contributed by atoms with Crippen LogP contribution in [0.25, 0.3) is 0 Å². The molecule has 1 unspecified atom stereocenters. The Kier molecular flexibility index (Phi) is 3.81. The van der Waals surface area contributed by atoms with Crippen LogP contribution in [0.3, 0.4) is 0 Å². The predicted molar refractivity (Wildman–Crippen MR) is 93.8 cm³/mol. The molecule has 1 fully saturated rings. The monoisotopic (exact) mass is 330 g/mol. The minimum atomic E-state index is 0.0591. The first-order valence-corrected chi connectivity index (χ1v) is 9.65. The number of thiazole rings is 1. The summed E-state index contributed by atoms with van der Waals surface area (Å²) in [6.07, 6.45) is 8.32. The third-order valence-corrected chi connectivity index (χ3v) is 5.90. The van der Waals surface area contributed by atoms with E-state index in [1.807, 2.05) is 11.3 Å². The molecular weight excluding hydrogens is 304 g/mol. The highest BCUT2D eigenvalue weighted by atomic mass is 32.1. The third kappa shape index (κ3) is 3.09. The van der Waals surface area contributed by atoms with Gasteiger partial charge in [0.25, 0.3) is 0 Å². The van der Waals surface area contributed by atoms with Crippen LogP contribution in [-0.2, 0) is 18.5 Å². The lowest BCUT2D eigenvalue weighted by Crippen LogP contribution is -2.29. The van der Waals surface area contributed by atoms with Gasteiger partial charge in [-0.15, -0.1) is 11.3 Å². The Balaban J connectivity index is 1.47. The fraction of sp³-hybridized carbons (Fsp3) is 0.667. The maximum absolute atomic E-state index is 4.79. The Morgan fingerprint density at radius 2 is 2.13 bits per heavy atom. The van der Waals surface area contributed by atoms with Gasteiger partial charge >= 0.3 is 0 Å². The van der Waals surface area contributed by atoms with Crippen molar-refractivity contribution in [1.29, 1.82) is 0 Å². The fourth-order valence-corrected chi connectivity index (χ4v) is 4.49. The molecule has 5 heteroatoms. The van der Waals surface area contributed by atoms with Gasteiger partial charge in [-0.2, -0.15) is 5.10 Å². The minimum Gasteiger partial charge on any atom is -0.304 e. The Hall–Kier alpha value is -1.20. The zero-order valence-corrected chi connectivity index (χ0v) is 15.1. The van der Waals surface area contributed by atoms with Crippen molar-refractivity contribution < 1.29 is 0 Å². The summed E-state index contributed by atoms with van der Waals surface area (Å²) < 4.78 is 2.21. The fourth-order valence-electron chi connectivity index (χ4n) is 3.50. The average Bonchev–Trinajstić information content (AvgIpc) is 3.08. The van der Waals surface area contributed by atoms with E-state index in [1.165, 1.54) is 47.6 Å². The largest absolute Gasteiger partial charge is 0.304 e. The number of hydrogen-bond acceptors (Lipinski definition) is 4. The second-order valence-electron chi connectivity index (χ2n) is 7.91. The van der Waals surface area contributed by atoms with Gasteiger partial charge in [-0.05, 0) is 52.9 Å².